The molecule has 12 nitrogen and oxygen atoms in total. The quantitative estimate of drug-likeness (QED) is 0.224. The van der Waals surface area contributed by atoms with Crippen molar-refractivity contribution in [2.45, 2.75) is 27.1 Å². The van der Waals surface area contributed by atoms with Crippen molar-refractivity contribution in [2.24, 2.45) is 0 Å². The van der Waals surface area contributed by atoms with Crippen LogP contribution in [0.25, 0.3) is 0 Å². The van der Waals surface area contributed by atoms with Gasteiger partial charge in [0.15, 0.2) is 29.7 Å². The second-order valence-electron chi connectivity index (χ2n) is 7.77. The van der Waals surface area contributed by atoms with Gasteiger partial charge < -0.3 is 19.5 Å². The average Bonchev–Trinajstić information content (AvgIpc) is 3.54. The minimum Gasteiger partial charge on any atom is -0.490 e. The Labute approximate surface area is 212 Å². The van der Waals surface area contributed by atoms with E-state index in [1.165, 1.54) is 22.9 Å². The van der Waals surface area contributed by atoms with Crippen LogP contribution in [0.3, 0.4) is 0 Å². The molecule has 0 fully saturated rings. The van der Waals surface area contributed by atoms with Gasteiger partial charge in [-0.1, -0.05) is 18.2 Å². The monoisotopic (exact) mass is 506 g/mol. The number of nitro benzene ring substituents is 1. The van der Waals surface area contributed by atoms with Crippen LogP contribution in [0.5, 0.6) is 17.2 Å². The second kappa shape index (κ2) is 11.7. The molecule has 37 heavy (non-hydrogen) atoms. The third-order valence-corrected chi connectivity index (χ3v) is 5.13. The topological polar surface area (TPSA) is 136 Å². The predicted octanol–water partition coefficient (Wildman–Crippen LogP) is 4.12. The van der Waals surface area contributed by atoms with Crippen molar-refractivity contribution in [3.8, 4) is 17.2 Å². The lowest BCUT2D eigenvalue weighted by atomic mass is 10.2. The fourth-order valence-corrected chi connectivity index (χ4v) is 3.51. The fourth-order valence-electron chi connectivity index (χ4n) is 3.51. The van der Waals surface area contributed by atoms with Gasteiger partial charge in [0.2, 0.25) is 0 Å². The Morgan fingerprint density at radius 2 is 1.78 bits per heavy atom. The molecule has 12 heteroatoms. The maximum Gasteiger partial charge on any atom is 0.311 e. The van der Waals surface area contributed by atoms with Gasteiger partial charge in [0.05, 0.1) is 36.6 Å². The third kappa shape index (κ3) is 6.42. The maximum absolute atomic E-state index is 12.6. The first-order chi connectivity index (χ1) is 18.0. The van der Waals surface area contributed by atoms with Gasteiger partial charge in [-0.05, 0) is 43.7 Å². The summed E-state index contributed by atoms with van der Waals surface area (Å²) in [7, 11) is 0. The lowest BCUT2D eigenvalue weighted by Gasteiger charge is -2.12. The van der Waals surface area contributed by atoms with Crippen molar-refractivity contribution in [2.75, 3.05) is 18.5 Å². The lowest BCUT2D eigenvalue weighted by molar-refractivity contribution is -0.386. The van der Waals surface area contributed by atoms with Gasteiger partial charge in [0.1, 0.15) is 0 Å². The Hall–Kier alpha value is -4.87. The van der Waals surface area contributed by atoms with Crippen molar-refractivity contribution in [1.82, 2.24) is 19.6 Å². The van der Waals surface area contributed by atoms with E-state index in [-0.39, 0.29) is 23.9 Å². The predicted molar refractivity (Wildman–Crippen MR) is 134 cm³/mol. The number of rotatable bonds is 12. The van der Waals surface area contributed by atoms with E-state index in [0.717, 1.165) is 5.56 Å². The molecule has 192 valence electrons. The van der Waals surface area contributed by atoms with Gasteiger partial charge in [0, 0.05) is 18.5 Å². The van der Waals surface area contributed by atoms with Crippen molar-refractivity contribution in [3.05, 3.63) is 88.5 Å². The Morgan fingerprint density at radius 3 is 2.57 bits per heavy atom. The molecule has 0 saturated heterocycles. The van der Waals surface area contributed by atoms with Crippen LogP contribution >= 0.6 is 0 Å². The number of hydrogen-bond donors (Lipinski definition) is 1. The molecule has 0 saturated carbocycles. The molecule has 0 spiro atoms. The molecule has 1 N–H and O–H groups in total. The van der Waals surface area contributed by atoms with Crippen LogP contribution in [-0.4, -0.2) is 43.6 Å². The number of amides is 1. The number of nitrogens with one attached hydrogen (secondary N) is 1. The molecule has 0 atom stereocenters. The van der Waals surface area contributed by atoms with Gasteiger partial charge in [-0.25, -0.2) is 4.68 Å². The highest BCUT2D eigenvalue weighted by atomic mass is 16.6. The number of anilines is 1. The highest BCUT2D eigenvalue weighted by Gasteiger charge is 2.15. The molecule has 2 aromatic carbocycles. The van der Waals surface area contributed by atoms with Crippen LogP contribution in [0.4, 0.5) is 11.4 Å². The number of carbonyl (C=O) groups excluding carboxylic acids is 1. The lowest BCUT2D eigenvalue weighted by Crippen LogP contribution is -2.14. The molecule has 4 rings (SSSR count). The summed E-state index contributed by atoms with van der Waals surface area (Å²) in [6, 6.07) is 13.3. The van der Waals surface area contributed by atoms with E-state index >= 15 is 0 Å². The minimum atomic E-state index is -0.523. The summed E-state index contributed by atoms with van der Waals surface area (Å²) in [4.78, 5) is 23.2. The number of carbonyl (C=O) groups is 1. The Balaban J connectivity index is 1.35. The first kappa shape index (κ1) is 25.2. The molecule has 0 unspecified atom stereocenters. The summed E-state index contributed by atoms with van der Waals surface area (Å²) in [5.41, 5.74) is 1.48. The van der Waals surface area contributed by atoms with Crippen molar-refractivity contribution in [3.63, 3.8) is 0 Å². The van der Waals surface area contributed by atoms with E-state index in [1.807, 2.05) is 32.0 Å². The minimum absolute atomic E-state index is 0.0954. The maximum atomic E-state index is 12.6. The summed E-state index contributed by atoms with van der Waals surface area (Å²) in [5, 5.41) is 22.4. The number of para-hydroxylation sites is 2. The molecule has 2 aromatic heterocycles. The zero-order valence-corrected chi connectivity index (χ0v) is 20.4. The zero-order chi connectivity index (χ0) is 26.2. The molecule has 0 radical (unpaired) electrons. The number of nitro groups is 1. The standard InChI is InChI=1S/C25H26N6O6/c1-3-35-23-10-9-18(13-24(23)36-4-2)15-30-16-19(14-26-30)27-25(32)20-11-12-29(28-20)17-37-22-8-6-5-7-21(22)31(33)34/h5-14,16H,3-4,15,17H2,1-2H3,(H,27,32). The van der Waals surface area contributed by atoms with Crippen LogP contribution in [0.2, 0.25) is 0 Å². The third-order valence-electron chi connectivity index (χ3n) is 5.13. The first-order valence-corrected chi connectivity index (χ1v) is 11.6. The van der Waals surface area contributed by atoms with E-state index in [9.17, 15) is 14.9 Å². The summed E-state index contributed by atoms with van der Waals surface area (Å²) in [6.07, 6.45) is 4.81. The van der Waals surface area contributed by atoms with Crippen LogP contribution in [0.1, 0.15) is 29.9 Å². The molecule has 4 aromatic rings. The smallest absolute Gasteiger partial charge is 0.311 e. The first-order valence-electron chi connectivity index (χ1n) is 11.6. The Morgan fingerprint density at radius 1 is 1.00 bits per heavy atom. The van der Waals surface area contributed by atoms with Crippen molar-refractivity contribution < 1.29 is 23.9 Å². The van der Waals surface area contributed by atoms with Crippen LogP contribution in [0.15, 0.2) is 67.1 Å². The number of nitrogens with zero attached hydrogens (tertiary/aromatic N) is 5. The molecule has 0 aliphatic rings. The normalized spacial score (nSPS) is 10.6. The van der Waals surface area contributed by atoms with Gasteiger partial charge in [0.25, 0.3) is 5.91 Å². The van der Waals surface area contributed by atoms with Gasteiger partial charge >= 0.3 is 5.69 Å². The van der Waals surface area contributed by atoms with E-state index < -0.39 is 10.8 Å². The summed E-state index contributed by atoms with van der Waals surface area (Å²) in [5.74, 6) is 1.04. The highest BCUT2D eigenvalue weighted by molar-refractivity contribution is 6.02. The molecule has 1 amide bonds. The molecule has 0 bridgehead atoms. The number of aromatic nitrogens is 4. The van der Waals surface area contributed by atoms with Crippen LogP contribution in [0, 0.1) is 10.1 Å². The molecule has 0 aliphatic carbocycles. The zero-order valence-electron chi connectivity index (χ0n) is 20.4. The highest BCUT2D eigenvalue weighted by Crippen LogP contribution is 2.29. The van der Waals surface area contributed by atoms with Gasteiger partial charge in [-0.15, -0.1) is 0 Å². The fraction of sp³-hybridized carbons (Fsp3) is 0.240. The molecule has 0 aliphatic heterocycles. The van der Waals surface area contributed by atoms with E-state index in [0.29, 0.717) is 36.9 Å². The van der Waals surface area contributed by atoms with E-state index in [1.54, 1.807) is 35.4 Å². The Kier molecular flexibility index (Phi) is 7.98. The van der Waals surface area contributed by atoms with E-state index in [2.05, 4.69) is 15.5 Å². The SMILES string of the molecule is CCOc1ccc(Cn2cc(NC(=O)c3ccn(COc4ccccc4[N+](=O)[O-])n3)cn2)cc1OCC. The molecule has 2 heterocycles. The largest absolute Gasteiger partial charge is 0.490 e. The van der Waals surface area contributed by atoms with Gasteiger partial charge in [-0.3, -0.25) is 19.6 Å². The number of ether oxygens (including phenoxy) is 3. The average molecular weight is 507 g/mol. The van der Waals surface area contributed by atoms with Gasteiger partial charge in [-0.2, -0.15) is 10.2 Å². The molecular weight excluding hydrogens is 480 g/mol. The summed E-state index contributed by atoms with van der Waals surface area (Å²) in [6.45, 7) is 5.27. The Bertz CT molecular complexity index is 1380. The number of hydrogen-bond acceptors (Lipinski definition) is 8. The van der Waals surface area contributed by atoms with E-state index in [4.69, 9.17) is 14.2 Å². The van der Waals surface area contributed by atoms with Crippen molar-refractivity contribution >= 4 is 17.3 Å². The molecular formula is C25H26N6O6. The second-order valence-corrected chi connectivity index (χ2v) is 7.77. The van der Waals surface area contributed by atoms with Crippen LogP contribution < -0.4 is 19.5 Å². The summed E-state index contributed by atoms with van der Waals surface area (Å²) < 4.78 is 19.8. The van der Waals surface area contributed by atoms with Crippen LogP contribution in [-0.2, 0) is 13.3 Å². The summed E-state index contributed by atoms with van der Waals surface area (Å²) >= 11 is 0. The van der Waals surface area contributed by atoms with Crippen molar-refractivity contribution in [1.29, 1.82) is 0 Å². The number of benzene rings is 2.